The molecular weight excluding hydrogens is 241 g/mol. The van der Waals surface area contributed by atoms with Crippen molar-refractivity contribution in [3.8, 4) is 0 Å². The van der Waals surface area contributed by atoms with E-state index in [1.807, 2.05) is 18.5 Å². The lowest BCUT2D eigenvalue weighted by Crippen LogP contribution is -1.94. The summed E-state index contributed by atoms with van der Waals surface area (Å²) in [6, 6.07) is 4.46. The van der Waals surface area contributed by atoms with E-state index >= 15 is 0 Å². The third-order valence-electron chi connectivity index (χ3n) is 2.38. The number of aliphatic hydroxyl groups excluding tert-OH is 1. The minimum Gasteiger partial charge on any atom is -0.392 e. The van der Waals surface area contributed by atoms with E-state index < -0.39 is 0 Å². The van der Waals surface area contributed by atoms with Crippen LogP contribution in [0.3, 0.4) is 0 Å². The van der Waals surface area contributed by atoms with E-state index in [4.69, 9.17) is 5.11 Å². The Bertz CT molecular complexity index is 542. The minimum absolute atomic E-state index is 0.177. The van der Waals surface area contributed by atoms with Crippen molar-refractivity contribution >= 4 is 11.8 Å². The van der Waals surface area contributed by atoms with E-state index in [0.29, 0.717) is 15.6 Å². The number of halogens is 1. The molecule has 2 rings (SSSR count). The van der Waals surface area contributed by atoms with Crippen LogP contribution in [0.2, 0.25) is 0 Å². The van der Waals surface area contributed by atoms with Crippen LogP contribution in [0.5, 0.6) is 0 Å². The second-order valence-corrected chi connectivity index (χ2v) is 4.68. The lowest BCUT2D eigenvalue weighted by Gasteiger charge is -2.04. The van der Waals surface area contributed by atoms with Crippen LogP contribution < -0.4 is 0 Å². The standard InChI is InChI=1S/C11H12FN3OS/c1-7-13-14-11(15(7)2)17-10-4-8(6-16)3-9(12)5-10/h3-5,16H,6H2,1-2H3. The van der Waals surface area contributed by atoms with Crippen LogP contribution in [-0.4, -0.2) is 19.9 Å². The number of hydrogen-bond donors (Lipinski definition) is 1. The van der Waals surface area contributed by atoms with Gasteiger partial charge in [-0.2, -0.15) is 0 Å². The summed E-state index contributed by atoms with van der Waals surface area (Å²) in [6.07, 6.45) is 0. The molecule has 17 heavy (non-hydrogen) atoms. The molecular formula is C11H12FN3OS. The minimum atomic E-state index is -0.363. The van der Waals surface area contributed by atoms with Gasteiger partial charge in [-0.1, -0.05) is 0 Å². The van der Waals surface area contributed by atoms with Crippen LogP contribution in [0, 0.1) is 12.7 Å². The first-order valence-electron chi connectivity index (χ1n) is 5.04. The molecule has 0 amide bonds. The van der Waals surface area contributed by atoms with Gasteiger partial charge in [-0.15, -0.1) is 10.2 Å². The number of nitrogens with zero attached hydrogens (tertiary/aromatic N) is 3. The largest absolute Gasteiger partial charge is 0.392 e. The van der Waals surface area contributed by atoms with Crippen LogP contribution >= 0.6 is 11.8 Å². The summed E-state index contributed by atoms with van der Waals surface area (Å²) in [5, 5.41) is 17.6. The molecule has 90 valence electrons. The Morgan fingerprint density at radius 1 is 1.35 bits per heavy atom. The molecule has 4 nitrogen and oxygen atoms in total. The molecule has 0 bridgehead atoms. The van der Waals surface area contributed by atoms with Gasteiger partial charge in [-0.3, -0.25) is 0 Å². The van der Waals surface area contributed by atoms with Crippen molar-refractivity contribution in [2.45, 2.75) is 23.6 Å². The summed E-state index contributed by atoms with van der Waals surface area (Å²) in [7, 11) is 1.85. The number of aliphatic hydroxyl groups is 1. The van der Waals surface area contributed by atoms with Gasteiger partial charge in [0.2, 0.25) is 0 Å². The fourth-order valence-corrected chi connectivity index (χ4v) is 2.30. The number of benzene rings is 1. The second-order valence-electron chi connectivity index (χ2n) is 3.64. The predicted octanol–water partition coefficient (Wildman–Crippen LogP) is 1.91. The predicted molar refractivity (Wildman–Crippen MR) is 62.2 cm³/mol. The van der Waals surface area contributed by atoms with Crippen LogP contribution in [0.1, 0.15) is 11.4 Å². The van der Waals surface area contributed by atoms with Crippen molar-refractivity contribution in [2.75, 3.05) is 0 Å². The molecule has 0 atom stereocenters. The molecule has 1 aromatic heterocycles. The Kier molecular flexibility index (Phi) is 3.44. The molecule has 0 aliphatic heterocycles. The van der Waals surface area contributed by atoms with Crippen LogP contribution in [0.25, 0.3) is 0 Å². The van der Waals surface area contributed by atoms with E-state index in [9.17, 15) is 4.39 Å². The molecule has 2 aromatic rings. The number of aromatic nitrogens is 3. The van der Waals surface area contributed by atoms with Crippen LogP contribution in [0.4, 0.5) is 4.39 Å². The third kappa shape index (κ3) is 2.65. The lowest BCUT2D eigenvalue weighted by atomic mass is 10.2. The van der Waals surface area contributed by atoms with E-state index in [2.05, 4.69) is 10.2 Å². The van der Waals surface area contributed by atoms with Gasteiger partial charge in [-0.05, 0) is 42.4 Å². The van der Waals surface area contributed by atoms with Gasteiger partial charge in [0.05, 0.1) is 6.61 Å². The summed E-state index contributed by atoms with van der Waals surface area (Å²) in [5.41, 5.74) is 0.548. The molecule has 1 N–H and O–H groups in total. The Labute approximate surface area is 102 Å². The first kappa shape index (κ1) is 12.1. The second kappa shape index (κ2) is 4.85. The third-order valence-corrected chi connectivity index (χ3v) is 3.38. The van der Waals surface area contributed by atoms with Gasteiger partial charge in [0.1, 0.15) is 11.6 Å². The van der Waals surface area contributed by atoms with Crippen molar-refractivity contribution in [1.29, 1.82) is 0 Å². The molecule has 0 saturated carbocycles. The van der Waals surface area contributed by atoms with Crippen molar-refractivity contribution < 1.29 is 9.50 Å². The first-order valence-corrected chi connectivity index (χ1v) is 5.86. The summed E-state index contributed by atoms with van der Waals surface area (Å²) in [4.78, 5) is 0.699. The average molecular weight is 253 g/mol. The fraction of sp³-hybridized carbons (Fsp3) is 0.273. The summed E-state index contributed by atoms with van der Waals surface area (Å²) >= 11 is 1.32. The molecule has 0 saturated heterocycles. The van der Waals surface area contributed by atoms with Crippen LogP contribution in [0.15, 0.2) is 28.3 Å². The maximum absolute atomic E-state index is 13.3. The molecule has 0 fully saturated rings. The Morgan fingerprint density at radius 2 is 2.12 bits per heavy atom. The summed E-state index contributed by atoms with van der Waals surface area (Å²) < 4.78 is 15.1. The van der Waals surface area contributed by atoms with Crippen molar-refractivity contribution in [3.63, 3.8) is 0 Å². The highest BCUT2D eigenvalue weighted by atomic mass is 32.2. The Balaban J connectivity index is 2.29. The lowest BCUT2D eigenvalue weighted by molar-refractivity contribution is 0.281. The first-order chi connectivity index (χ1) is 8.10. The van der Waals surface area contributed by atoms with Crippen molar-refractivity contribution in [2.24, 2.45) is 7.05 Å². The smallest absolute Gasteiger partial charge is 0.195 e. The molecule has 1 heterocycles. The molecule has 0 unspecified atom stereocenters. The van der Waals surface area contributed by atoms with E-state index in [-0.39, 0.29) is 12.4 Å². The zero-order valence-corrected chi connectivity index (χ0v) is 10.3. The number of aryl methyl sites for hydroxylation is 1. The monoisotopic (exact) mass is 253 g/mol. The molecule has 6 heteroatoms. The fourth-order valence-electron chi connectivity index (χ4n) is 1.35. The maximum Gasteiger partial charge on any atom is 0.195 e. The normalized spacial score (nSPS) is 10.8. The topological polar surface area (TPSA) is 50.9 Å². The highest BCUT2D eigenvalue weighted by molar-refractivity contribution is 7.99. The zero-order valence-electron chi connectivity index (χ0n) is 9.51. The number of hydrogen-bond acceptors (Lipinski definition) is 4. The van der Waals surface area contributed by atoms with Gasteiger partial charge in [-0.25, -0.2) is 4.39 Å². The van der Waals surface area contributed by atoms with E-state index in [1.54, 1.807) is 6.07 Å². The van der Waals surface area contributed by atoms with Crippen molar-refractivity contribution in [3.05, 3.63) is 35.4 Å². The maximum atomic E-state index is 13.3. The van der Waals surface area contributed by atoms with Crippen LogP contribution in [-0.2, 0) is 13.7 Å². The summed E-state index contributed by atoms with van der Waals surface area (Å²) in [6.45, 7) is 1.67. The summed E-state index contributed by atoms with van der Waals surface area (Å²) in [5.74, 6) is 0.434. The Morgan fingerprint density at radius 3 is 2.71 bits per heavy atom. The van der Waals surface area contributed by atoms with Crippen molar-refractivity contribution in [1.82, 2.24) is 14.8 Å². The molecule has 1 aromatic carbocycles. The quantitative estimate of drug-likeness (QED) is 0.907. The zero-order chi connectivity index (χ0) is 12.4. The van der Waals surface area contributed by atoms with E-state index in [1.165, 1.54) is 23.9 Å². The number of rotatable bonds is 3. The van der Waals surface area contributed by atoms with E-state index in [0.717, 1.165) is 5.82 Å². The molecule has 0 aliphatic carbocycles. The molecule has 0 spiro atoms. The Hall–Kier alpha value is -1.40. The van der Waals surface area contributed by atoms with Gasteiger partial charge < -0.3 is 9.67 Å². The van der Waals surface area contributed by atoms with Gasteiger partial charge >= 0.3 is 0 Å². The SMILES string of the molecule is Cc1nnc(Sc2cc(F)cc(CO)c2)n1C. The highest BCUT2D eigenvalue weighted by Crippen LogP contribution is 2.27. The van der Waals surface area contributed by atoms with Gasteiger partial charge in [0.15, 0.2) is 5.16 Å². The highest BCUT2D eigenvalue weighted by Gasteiger charge is 2.08. The molecule has 0 radical (unpaired) electrons. The van der Waals surface area contributed by atoms with Gasteiger partial charge in [0, 0.05) is 11.9 Å². The molecule has 0 aliphatic rings. The van der Waals surface area contributed by atoms with Gasteiger partial charge in [0.25, 0.3) is 0 Å². The average Bonchev–Trinajstić information content (AvgIpc) is 2.60.